The van der Waals surface area contributed by atoms with Crippen molar-refractivity contribution < 1.29 is 0 Å². The van der Waals surface area contributed by atoms with E-state index in [1.54, 1.807) is 0 Å². The molecule has 1 N–H and O–H groups in total. The number of nitrogens with zero attached hydrogens (tertiary/aromatic N) is 1. The molecule has 0 saturated carbocycles. The Morgan fingerprint density at radius 3 is 2.44 bits per heavy atom. The number of hydrogen-bond acceptors (Lipinski definition) is 2. The van der Waals surface area contributed by atoms with E-state index in [0.29, 0.717) is 17.8 Å². The molecule has 0 aliphatic carbocycles. The van der Waals surface area contributed by atoms with Crippen LogP contribution in [-0.2, 0) is 0 Å². The van der Waals surface area contributed by atoms with E-state index in [-0.39, 0.29) is 0 Å². The average Bonchev–Trinajstić information content (AvgIpc) is 2.27. The van der Waals surface area contributed by atoms with Gasteiger partial charge in [0.05, 0.1) is 6.42 Å². The third kappa shape index (κ3) is 6.04. The van der Waals surface area contributed by atoms with Gasteiger partial charge in [0.2, 0.25) is 4.85 Å². The average molecular weight is 227 g/mol. The zero-order valence-electron chi connectivity index (χ0n) is 11.2. The van der Waals surface area contributed by atoms with E-state index in [1.807, 2.05) is 0 Å². The second kappa shape index (κ2) is 9.56. The third-order valence-corrected chi connectivity index (χ3v) is 3.39. The van der Waals surface area contributed by atoms with E-state index in [1.165, 1.54) is 19.1 Å². The van der Waals surface area contributed by atoms with Crippen molar-refractivity contribution in [3.05, 3.63) is 4.91 Å². The van der Waals surface area contributed by atoms with Gasteiger partial charge in [0, 0.05) is 0 Å². The molecule has 0 aromatic rings. The molecule has 0 bridgehead atoms. The van der Waals surface area contributed by atoms with Crippen molar-refractivity contribution in [1.29, 1.82) is 0 Å². The van der Waals surface area contributed by atoms with Crippen LogP contribution in [0.1, 0.15) is 47.0 Å². The summed E-state index contributed by atoms with van der Waals surface area (Å²) in [7, 11) is 0. The quantitative estimate of drug-likeness (QED) is 0.486. The summed E-state index contributed by atoms with van der Waals surface area (Å²) in [6.45, 7) is 10.9. The normalized spacial score (nSPS) is 16.2. The number of rotatable bonds is 9. The summed E-state index contributed by atoms with van der Waals surface area (Å²) in [5.74, 6) is 1.87. The van der Waals surface area contributed by atoms with Crippen molar-refractivity contribution in [2.24, 2.45) is 17.8 Å². The summed E-state index contributed by atoms with van der Waals surface area (Å²) < 4.78 is 0. The Morgan fingerprint density at radius 1 is 1.25 bits per heavy atom. The summed E-state index contributed by atoms with van der Waals surface area (Å²) in [6, 6.07) is 0. The molecule has 16 heavy (non-hydrogen) atoms. The molecule has 0 aliphatic rings. The highest BCUT2D eigenvalue weighted by atomic mass is 16.2. The van der Waals surface area contributed by atoms with Crippen LogP contribution in [0, 0.1) is 22.7 Å². The van der Waals surface area contributed by atoms with Crippen LogP contribution >= 0.6 is 0 Å². The molecule has 3 atom stereocenters. The lowest BCUT2D eigenvalue weighted by Crippen LogP contribution is -2.32. The van der Waals surface area contributed by atoms with Crippen molar-refractivity contribution in [2.75, 3.05) is 13.1 Å². The minimum Gasteiger partial charge on any atom is -0.317 e. The standard InChI is InChI=1S/C13H27N2O/c1-5-7-11(3)13(10-14-6-2)12(4)8-9-15-16/h9,11-14H,5-8,10H2,1-4H3/q+1. The Labute approximate surface area is 99.7 Å². The molecule has 0 rings (SSSR count). The highest BCUT2D eigenvalue weighted by molar-refractivity contribution is 5.55. The molecule has 0 aromatic carbocycles. The molecule has 0 aromatic heterocycles. The van der Waals surface area contributed by atoms with Gasteiger partial charge in [-0.25, -0.2) is 0 Å². The Balaban J connectivity index is 4.31. The van der Waals surface area contributed by atoms with Gasteiger partial charge in [-0.05, 0) is 30.8 Å². The first kappa shape index (κ1) is 15.3. The lowest BCUT2D eigenvalue weighted by molar-refractivity contribution is 0.240. The molecule has 0 radical (unpaired) electrons. The number of hydrogen-bond donors (Lipinski definition) is 1. The van der Waals surface area contributed by atoms with Crippen LogP contribution in [0.4, 0.5) is 0 Å². The zero-order chi connectivity index (χ0) is 12.4. The maximum Gasteiger partial charge on any atom is 0.338 e. The molecule has 3 heteroatoms. The minimum atomic E-state index is 0.526. The smallest absolute Gasteiger partial charge is 0.317 e. The van der Waals surface area contributed by atoms with Crippen LogP contribution in [0.5, 0.6) is 0 Å². The van der Waals surface area contributed by atoms with Crippen LogP contribution in [0.15, 0.2) is 0 Å². The predicted molar refractivity (Wildman–Crippen MR) is 71.5 cm³/mol. The van der Waals surface area contributed by atoms with E-state index in [9.17, 15) is 4.91 Å². The lowest BCUT2D eigenvalue weighted by Gasteiger charge is -2.28. The Kier molecular flexibility index (Phi) is 9.16. The van der Waals surface area contributed by atoms with Gasteiger partial charge in [-0.15, -0.1) is 0 Å². The SMILES string of the molecule is CCCC(C)C(CNCC)C(C)CC=[N+]=O. The number of nitroso groups, excluding NO2 is 1. The van der Waals surface area contributed by atoms with Crippen LogP contribution in [0.25, 0.3) is 0 Å². The fourth-order valence-electron chi connectivity index (χ4n) is 2.33. The minimum absolute atomic E-state index is 0.526. The van der Waals surface area contributed by atoms with Crippen molar-refractivity contribution >= 4 is 6.21 Å². The maximum atomic E-state index is 10.1. The first-order chi connectivity index (χ1) is 7.67. The summed E-state index contributed by atoms with van der Waals surface area (Å²) >= 11 is 0. The van der Waals surface area contributed by atoms with Gasteiger partial charge in [0.15, 0.2) is 4.91 Å². The molecule has 0 saturated heterocycles. The monoisotopic (exact) mass is 227 g/mol. The van der Waals surface area contributed by atoms with Crippen molar-refractivity contribution in [3.63, 3.8) is 0 Å². The Hall–Kier alpha value is -0.660. The molecule has 94 valence electrons. The predicted octanol–water partition coefficient (Wildman–Crippen LogP) is 2.58. The fraction of sp³-hybridized carbons (Fsp3) is 0.923. The molecular formula is C13H27N2O+. The molecule has 0 fully saturated rings. The third-order valence-electron chi connectivity index (χ3n) is 3.39. The summed E-state index contributed by atoms with van der Waals surface area (Å²) in [6.07, 6.45) is 4.79. The van der Waals surface area contributed by atoms with Crippen LogP contribution in [0.3, 0.4) is 0 Å². The highest BCUT2D eigenvalue weighted by Crippen LogP contribution is 2.25. The topological polar surface area (TPSA) is 43.2 Å². The van der Waals surface area contributed by atoms with Gasteiger partial charge in [-0.2, -0.15) is 0 Å². The fourth-order valence-corrected chi connectivity index (χ4v) is 2.33. The molecule has 0 spiro atoms. The van der Waals surface area contributed by atoms with Crippen LogP contribution in [0.2, 0.25) is 0 Å². The van der Waals surface area contributed by atoms with Gasteiger partial charge in [-0.1, -0.05) is 40.5 Å². The van der Waals surface area contributed by atoms with E-state index < -0.39 is 0 Å². The van der Waals surface area contributed by atoms with Gasteiger partial charge in [0.1, 0.15) is 0 Å². The zero-order valence-corrected chi connectivity index (χ0v) is 11.2. The van der Waals surface area contributed by atoms with Gasteiger partial charge in [-0.3, -0.25) is 0 Å². The molecule has 3 unspecified atom stereocenters. The van der Waals surface area contributed by atoms with Crippen molar-refractivity contribution in [3.8, 4) is 0 Å². The van der Waals surface area contributed by atoms with Crippen molar-refractivity contribution in [2.45, 2.75) is 47.0 Å². The van der Waals surface area contributed by atoms with Gasteiger partial charge < -0.3 is 5.32 Å². The largest absolute Gasteiger partial charge is 0.338 e. The first-order valence-corrected chi connectivity index (χ1v) is 6.52. The molecule has 3 nitrogen and oxygen atoms in total. The number of nitrogens with one attached hydrogen (secondary N) is 1. The maximum absolute atomic E-state index is 10.1. The van der Waals surface area contributed by atoms with Crippen molar-refractivity contribution in [1.82, 2.24) is 10.2 Å². The second-order valence-corrected chi connectivity index (χ2v) is 4.74. The molecular weight excluding hydrogens is 200 g/mol. The Morgan fingerprint density at radius 2 is 1.94 bits per heavy atom. The second-order valence-electron chi connectivity index (χ2n) is 4.74. The highest BCUT2D eigenvalue weighted by Gasteiger charge is 2.23. The molecule has 0 heterocycles. The Bertz CT molecular complexity index is 212. The van der Waals surface area contributed by atoms with E-state index >= 15 is 0 Å². The van der Waals surface area contributed by atoms with Gasteiger partial charge >= 0.3 is 6.21 Å². The van der Waals surface area contributed by atoms with Crippen LogP contribution < -0.4 is 10.2 Å². The van der Waals surface area contributed by atoms with E-state index in [2.05, 4.69) is 37.9 Å². The van der Waals surface area contributed by atoms with Gasteiger partial charge in [0.25, 0.3) is 0 Å². The summed E-state index contributed by atoms with van der Waals surface area (Å²) in [4.78, 5) is 13.0. The molecule has 0 amide bonds. The first-order valence-electron chi connectivity index (χ1n) is 6.52. The lowest BCUT2D eigenvalue weighted by atomic mass is 9.80. The van der Waals surface area contributed by atoms with E-state index in [0.717, 1.165) is 19.5 Å². The summed E-state index contributed by atoms with van der Waals surface area (Å²) in [5.41, 5.74) is 0. The van der Waals surface area contributed by atoms with E-state index in [4.69, 9.17) is 0 Å². The van der Waals surface area contributed by atoms with Crippen LogP contribution in [-0.4, -0.2) is 19.3 Å². The summed E-state index contributed by atoms with van der Waals surface area (Å²) in [5, 5.41) is 3.42. The molecule has 0 aliphatic heterocycles.